The van der Waals surface area contributed by atoms with Crippen LogP contribution in [-0.4, -0.2) is 42.9 Å². The normalized spacial score (nSPS) is 28.3. The molecule has 4 N–H and O–H groups in total. The first-order valence-corrected chi connectivity index (χ1v) is 6.42. The van der Waals surface area contributed by atoms with Crippen LogP contribution >= 0.6 is 0 Å². The van der Waals surface area contributed by atoms with Gasteiger partial charge in [-0.1, -0.05) is 12.5 Å². The molecule has 1 saturated carbocycles. The smallest absolute Gasteiger partial charge is 0.165 e. The second-order valence-electron chi connectivity index (χ2n) is 5.12. The Hall–Kier alpha value is -2.43. The number of rotatable bonds is 3. The van der Waals surface area contributed by atoms with Crippen LogP contribution in [-0.2, 0) is 0 Å². The highest BCUT2D eigenvalue weighted by Gasteiger charge is 2.57. The summed E-state index contributed by atoms with van der Waals surface area (Å²) in [5, 5.41) is 19.3. The number of nitrogens with two attached hydrogens (primary N) is 1. The van der Waals surface area contributed by atoms with Gasteiger partial charge >= 0.3 is 0 Å². The fraction of sp³-hybridized carbons (Fsp3) is 0.357. The van der Waals surface area contributed by atoms with Gasteiger partial charge < -0.3 is 20.5 Å². The lowest BCUT2D eigenvalue weighted by molar-refractivity contribution is 0.00830. The first kappa shape index (κ1) is 13.5. The van der Waals surface area contributed by atoms with E-state index in [9.17, 15) is 10.2 Å². The number of aromatic nitrogens is 4. The molecule has 1 fully saturated rings. The van der Waals surface area contributed by atoms with Gasteiger partial charge in [0.1, 0.15) is 11.8 Å². The molecule has 0 unspecified atom stereocenters. The van der Waals surface area contributed by atoms with Crippen molar-refractivity contribution in [3.8, 4) is 12.3 Å². The molecule has 0 aromatic carbocycles. The van der Waals surface area contributed by atoms with Gasteiger partial charge in [0.2, 0.25) is 0 Å². The molecular formula is C14H15N5O2. The predicted octanol–water partition coefficient (Wildman–Crippen LogP) is -0.260. The Morgan fingerprint density at radius 1 is 1.43 bits per heavy atom. The third-order valence-electron chi connectivity index (χ3n) is 4.33. The van der Waals surface area contributed by atoms with Crippen LogP contribution in [0.1, 0.15) is 6.04 Å². The minimum atomic E-state index is -0.908. The molecule has 1 aliphatic rings. The summed E-state index contributed by atoms with van der Waals surface area (Å²) in [6.07, 6.45) is 8.46. The van der Waals surface area contributed by atoms with E-state index in [1.54, 1.807) is 10.9 Å². The molecule has 0 radical (unpaired) electrons. The van der Waals surface area contributed by atoms with E-state index in [0.29, 0.717) is 16.7 Å². The van der Waals surface area contributed by atoms with E-state index in [-0.39, 0.29) is 31.0 Å². The van der Waals surface area contributed by atoms with E-state index >= 15 is 0 Å². The van der Waals surface area contributed by atoms with Gasteiger partial charge in [-0.15, -0.1) is 6.42 Å². The molecule has 3 rings (SSSR count). The molecular weight excluding hydrogens is 270 g/mol. The molecule has 2 aromatic rings. The van der Waals surface area contributed by atoms with Gasteiger partial charge in [0.25, 0.3) is 0 Å². The van der Waals surface area contributed by atoms with Gasteiger partial charge in [0, 0.05) is 5.92 Å². The van der Waals surface area contributed by atoms with Crippen LogP contribution in [0.25, 0.3) is 11.2 Å². The maximum atomic E-state index is 9.66. The summed E-state index contributed by atoms with van der Waals surface area (Å²) in [5.41, 5.74) is 6.55. The standard InChI is InChI=1S/C14H15N5O2/c1-3-14(5-21)8(2)11(9(14)4-20)19-7-18-10-12(15)16-6-17-13(10)19/h1,6-7,9,11,20-21H,2,4-5H2,(H2,15,16,17)/t9-,11+,14-/m0/s1. The van der Waals surface area contributed by atoms with Gasteiger partial charge in [0.05, 0.1) is 31.0 Å². The van der Waals surface area contributed by atoms with Crippen molar-refractivity contribution < 1.29 is 10.2 Å². The topological polar surface area (TPSA) is 110 Å². The summed E-state index contributed by atoms with van der Waals surface area (Å²) in [6.45, 7) is 3.56. The number of imidazole rings is 1. The summed E-state index contributed by atoms with van der Waals surface area (Å²) < 4.78 is 1.77. The number of aliphatic hydroxyl groups is 2. The van der Waals surface area contributed by atoms with Crippen LogP contribution in [0.2, 0.25) is 0 Å². The van der Waals surface area contributed by atoms with E-state index in [1.165, 1.54) is 6.33 Å². The number of anilines is 1. The van der Waals surface area contributed by atoms with Crippen molar-refractivity contribution in [3.05, 3.63) is 24.8 Å². The minimum Gasteiger partial charge on any atom is -0.396 e. The Bertz CT molecular complexity index is 762. The number of nitrogens with zero attached hydrogens (tertiary/aromatic N) is 4. The van der Waals surface area contributed by atoms with Gasteiger partial charge in [0.15, 0.2) is 11.5 Å². The lowest BCUT2D eigenvalue weighted by atomic mass is 9.54. The Balaban J connectivity index is 2.11. The number of hydrogen-bond acceptors (Lipinski definition) is 6. The van der Waals surface area contributed by atoms with Crippen LogP contribution < -0.4 is 5.73 Å². The average molecular weight is 285 g/mol. The average Bonchev–Trinajstić information content (AvgIpc) is 2.91. The number of terminal acetylenes is 1. The number of aliphatic hydroxyl groups excluding tert-OH is 2. The quantitative estimate of drug-likeness (QED) is 0.529. The van der Waals surface area contributed by atoms with Crippen molar-refractivity contribution in [2.75, 3.05) is 18.9 Å². The Labute approximate surface area is 121 Å². The molecule has 2 heterocycles. The lowest BCUT2D eigenvalue weighted by Crippen LogP contribution is -2.54. The third kappa shape index (κ3) is 1.54. The van der Waals surface area contributed by atoms with Crippen molar-refractivity contribution in [3.63, 3.8) is 0 Å². The molecule has 108 valence electrons. The van der Waals surface area contributed by atoms with Crippen LogP contribution in [0.4, 0.5) is 5.82 Å². The van der Waals surface area contributed by atoms with E-state index in [1.807, 2.05) is 0 Å². The zero-order valence-electron chi connectivity index (χ0n) is 11.3. The van der Waals surface area contributed by atoms with Crippen LogP contribution in [0.15, 0.2) is 24.8 Å². The maximum absolute atomic E-state index is 9.66. The second-order valence-corrected chi connectivity index (χ2v) is 5.12. The van der Waals surface area contributed by atoms with E-state index in [2.05, 4.69) is 27.5 Å². The van der Waals surface area contributed by atoms with E-state index in [0.717, 1.165) is 0 Å². The molecule has 7 nitrogen and oxygen atoms in total. The summed E-state index contributed by atoms with van der Waals surface area (Å²) in [7, 11) is 0. The number of nitrogen functional groups attached to an aromatic ring is 1. The summed E-state index contributed by atoms with van der Waals surface area (Å²) >= 11 is 0. The number of hydrogen-bond donors (Lipinski definition) is 3. The van der Waals surface area contributed by atoms with Gasteiger partial charge in [-0.25, -0.2) is 15.0 Å². The molecule has 0 saturated heterocycles. The largest absolute Gasteiger partial charge is 0.396 e. The highest BCUT2D eigenvalue weighted by atomic mass is 16.3. The van der Waals surface area contributed by atoms with E-state index in [4.69, 9.17) is 12.2 Å². The molecule has 21 heavy (non-hydrogen) atoms. The van der Waals surface area contributed by atoms with Crippen molar-refractivity contribution in [1.29, 1.82) is 0 Å². The zero-order chi connectivity index (χ0) is 15.2. The second kappa shape index (κ2) is 4.55. The summed E-state index contributed by atoms with van der Waals surface area (Å²) in [4.78, 5) is 12.3. The third-order valence-corrected chi connectivity index (χ3v) is 4.33. The molecule has 0 spiro atoms. The van der Waals surface area contributed by atoms with Gasteiger partial charge in [-0.05, 0) is 5.57 Å². The summed E-state index contributed by atoms with van der Waals surface area (Å²) in [5.74, 6) is 2.50. The first-order chi connectivity index (χ1) is 10.1. The predicted molar refractivity (Wildman–Crippen MR) is 76.8 cm³/mol. The SMILES string of the molecule is C#C[C@]1(CO)C(=C)[C@@H](n2cnc3c(N)ncnc32)[C@@H]1CO. The first-order valence-electron chi connectivity index (χ1n) is 6.42. The molecule has 2 aromatic heterocycles. The fourth-order valence-corrected chi connectivity index (χ4v) is 3.07. The van der Waals surface area contributed by atoms with Crippen molar-refractivity contribution in [1.82, 2.24) is 19.5 Å². The van der Waals surface area contributed by atoms with Crippen LogP contribution in [0.5, 0.6) is 0 Å². The lowest BCUT2D eigenvalue weighted by Gasteiger charge is -2.53. The molecule has 0 amide bonds. The Kier molecular flexibility index (Phi) is 2.93. The highest BCUT2D eigenvalue weighted by molar-refractivity contribution is 5.81. The monoisotopic (exact) mass is 285 g/mol. The van der Waals surface area contributed by atoms with Crippen molar-refractivity contribution in [2.24, 2.45) is 11.3 Å². The molecule has 0 aliphatic heterocycles. The van der Waals surface area contributed by atoms with Crippen LogP contribution in [0.3, 0.4) is 0 Å². The number of fused-ring (bicyclic) bond motifs is 1. The maximum Gasteiger partial charge on any atom is 0.165 e. The summed E-state index contributed by atoms with van der Waals surface area (Å²) in [6, 6.07) is -0.280. The zero-order valence-corrected chi connectivity index (χ0v) is 11.3. The molecule has 7 heteroatoms. The Morgan fingerprint density at radius 2 is 2.19 bits per heavy atom. The van der Waals surface area contributed by atoms with Crippen LogP contribution in [0, 0.1) is 23.7 Å². The minimum absolute atomic E-state index is 0.172. The highest BCUT2D eigenvalue weighted by Crippen LogP contribution is 2.57. The van der Waals surface area contributed by atoms with E-state index < -0.39 is 5.41 Å². The molecule has 0 bridgehead atoms. The van der Waals surface area contributed by atoms with Gasteiger partial charge in [-0.2, -0.15) is 0 Å². The molecule has 3 atom stereocenters. The van der Waals surface area contributed by atoms with Gasteiger partial charge in [-0.3, -0.25) is 0 Å². The fourth-order valence-electron chi connectivity index (χ4n) is 3.07. The van der Waals surface area contributed by atoms with Crippen molar-refractivity contribution >= 4 is 17.0 Å². The molecule has 1 aliphatic carbocycles. The van der Waals surface area contributed by atoms with Crippen molar-refractivity contribution in [2.45, 2.75) is 6.04 Å². The Morgan fingerprint density at radius 3 is 2.81 bits per heavy atom.